The van der Waals surface area contributed by atoms with Gasteiger partial charge in [0.15, 0.2) is 0 Å². The zero-order valence-corrected chi connectivity index (χ0v) is 15.2. The van der Waals surface area contributed by atoms with E-state index in [0.717, 1.165) is 4.52 Å². The van der Waals surface area contributed by atoms with Gasteiger partial charge in [0, 0.05) is 45.3 Å². The van der Waals surface area contributed by atoms with Crippen LogP contribution >= 0.6 is 11.6 Å². The summed E-state index contributed by atoms with van der Waals surface area (Å²) in [4.78, 5) is 7.40. The molecule has 0 saturated heterocycles. The molecule has 1 aromatic carbocycles. The average Bonchev–Trinajstić information content (AvgIpc) is 2.94. The van der Waals surface area contributed by atoms with E-state index in [1.54, 1.807) is 37.4 Å². The number of hydrogen-bond acceptors (Lipinski definition) is 5. The molecule has 6 nitrogen and oxygen atoms in total. The van der Waals surface area contributed by atoms with Crippen LogP contribution in [0.1, 0.15) is 17.1 Å². The molecule has 0 aliphatic carbocycles. The van der Waals surface area contributed by atoms with E-state index in [-0.39, 0.29) is 17.3 Å². The minimum Gasteiger partial charge on any atom is -0.340 e. The Kier molecular flexibility index (Phi) is 4.89. The second kappa shape index (κ2) is 6.84. The smallest absolute Gasteiger partial charge is 0.340 e. The number of benzene rings is 1. The third-order valence-electron chi connectivity index (χ3n) is 3.37. The molecule has 11 heteroatoms. The standard InChI is InChI=1S/C15H13ClF3N5OS/c1-8-5-12(24-14(20-8)22-13(23-24)15(17,18)19)21-10-3-4-11(16)9(6-10)7-26(2)25/h3-6,21H,7H2,1-2H3. The van der Waals surface area contributed by atoms with Crippen LogP contribution in [-0.2, 0) is 22.7 Å². The van der Waals surface area contributed by atoms with Gasteiger partial charge in [0.2, 0.25) is 0 Å². The number of halogens is 4. The number of aryl methyl sites for hydroxylation is 1. The fourth-order valence-corrected chi connectivity index (χ4v) is 3.27. The van der Waals surface area contributed by atoms with Crippen LogP contribution in [0.15, 0.2) is 24.3 Å². The lowest BCUT2D eigenvalue weighted by molar-refractivity contribution is -0.144. The molecule has 0 radical (unpaired) electrons. The topological polar surface area (TPSA) is 72.2 Å². The van der Waals surface area contributed by atoms with Crippen LogP contribution in [0.25, 0.3) is 5.78 Å². The number of nitrogens with one attached hydrogen (secondary N) is 1. The number of hydrogen-bond donors (Lipinski definition) is 1. The summed E-state index contributed by atoms with van der Waals surface area (Å²) < 4.78 is 51.1. The minimum absolute atomic E-state index is 0.163. The van der Waals surface area contributed by atoms with Crippen molar-refractivity contribution in [3.63, 3.8) is 0 Å². The molecule has 2 aromatic heterocycles. The Morgan fingerprint density at radius 1 is 1.27 bits per heavy atom. The van der Waals surface area contributed by atoms with Gasteiger partial charge in [-0.1, -0.05) is 11.6 Å². The number of rotatable bonds is 4. The summed E-state index contributed by atoms with van der Waals surface area (Å²) in [6.45, 7) is 1.64. The van der Waals surface area contributed by atoms with E-state index in [4.69, 9.17) is 11.6 Å². The van der Waals surface area contributed by atoms with Crippen LogP contribution in [0.3, 0.4) is 0 Å². The van der Waals surface area contributed by atoms with Crippen LogP contribution in [0, 0.1) is 6.92 Å². The molecule has 0 bridgehead atoms. The molecule has 1 atom stereocenters. The number of alkyl halides is 3. The first-order valence-corrected chi connectivity index (χ1v) is 9.41. The molecule has 3 aromatic rings. The van der Waals surface area contributed by atoms with Gasteiger partial charge in [-0.15, -0.1) is 5.10 Å². The molecule has 3 rings (SSSR count). The van der Waals surface area contributed by atoms with Gasteiger partial charge in [-0.3, -0.25) is 4.21 Å². The van der Waals surface area contributed by atoms with Crippen molar-refractivity contribution in [1.82, 2.24) is 19.6 Å². The van der Waals surface area contributed by atoms with Gasteiger partial charge in [0.1, 0.15) is 5.82 Å². The molecule has 1 unspecified atom stereocenters. The van der Waals surface area contributed by atoms with Gasteiger partial charge in [0.25, 0.3) is 11.6 Å². The Hall–Kier alpha value is -2.20. The highest BCUT2D eigenvalue weighted by molar-refractivity contribution is 7.83. The first kappa shape index (κ1) is 18.6. The molecule has 0 aliphatic heterocycles. The van der Waals surface area contributed by atoms with Crippen molar-refractivity contribution >= 4 is 39.7 Å². The molecule has 0 saturated carbocycles. The molecule has 138 valence electrons. The third-order valence-corrected chi connectivity index (χ3v) is 4.46. The van der Waals surface area contributed by atoms with E-state index in [1.165, 1.54) is 0 Å². The molecule has 0 fully saturated rings. The molecule has 26 heavy (non-hydrogen) atoms. The molecule has 0 spiro atoms. The van der Waals surface area contributed by atoms with Gasteiger partial charge in [0.05, 0.1) is 0 Å². The normalized spacial score (nSPS) is 13.2. The Morgan fingerprint density at radius 3 is 2.65 bits per heavy atom. The number of anilines is 2. The van der Waals surface area contributed by atoms with Gasteiger partial charge >= 0.3 is 6.18 Å². The van der Waals surface area contributed by atoms with E-state index in [2.05, 4.69) is 20.4 Å². The molecule has 2 heterocycles. The lowest BCUT2D eigenvalue weighted by atomic mass is 10.2. The summed E-state index contributed by atoms with van der Waals surface area (Å²) in [5.74, 6) is -0.900. The van der Waals surface area contributed by atoms with Crippen LogP contribution in [0.2, 0.25) is 5.02 Å². The SMILES string of the molecule is Cc1cc(Nc2ccc(Cl)c(CS(C)=O)c2)n2nc(C(F)(F)F)nc2n1. The lowest BCUT2D eigenvalue weighted by Crippen LogP contribution is -2.08. The Balaban J connectivity index is 2.03. The summed E-state index contributed by atoms with van der Waals surface area (Å²) in [7, 11) is -1.09. The first-order valence-electron chi connectivity index (χ1n) is 7.30. The van der Waals surface area contributed by atoms with Crippen LogP contribution in [0.4, 0.5) is 24.7 Å². The van der Waals surface area contributed by atoms with Crippen LogP contribution < -0.4 is 5.32 Å². The Labute approximate surface area is 153 Å². The molecular weight excluding hydrogens is 391 g/mol. The van der Waals surface area contributed by atoms with E-state index >= 15 is 0 Å². The van der Waals surface area contributed by atoms with Gasteiger partial charge in [-0.25, -0.2) is 4.98 Å². The highest BCUT2D eigenvalue weighted by atomic mass is 35.5. The lowest BCUT2D eigenvalue weighted by Gasteiger charge is -2.11. The van der Waals surface area contributed by atoms with Crippen molar-refractivity contribution in [3.05, 3.63) is 46.4 Å². The average molecular weight is 404 g/mol. The van der Waals surface area contributed by atoms with Gasteiger partial charge in [-0.2, -0.15) is 22.7 Å². The van der Waals surface area contributed by atoms with Crippen molar-refractivity contribution in [3.8, 4) is 0 Å². The largest absolute Gasteiger partial charge is 0.453 e. The van der Waals surface area contributed by atoms with Gasteiger partial charge in [-0.05, 0) is 30.7 Å². The Bertz CT molecular complexity index is 1000. The van der Waals surface area contributed by atoms with Crippen molar-refractivity contribution in [1.29, 1.82) is 0 Å². The van der Waals surface area contributed by atoms with E-state index < -0.39 is 22.8 Å². The predicted molar refractivity (Wildman–Crippen MR) is 93.0 cm³/mol. The highest BCUT2D eigenvalue weighted by Gasteiger charge is 2.36. The monoisotopic (exact) mass is 403 g/mol. The maximum atomic E-state index is 12.9. The van der Waals surface area contributed by atoms with Crippen molar-refractivity contribution in [2.24, 2.45) is 0 Å². The summed E-state index contributed by atoms with van der Waals surface area (Å²) in [6, 6.07) is 6.52. The summed E-state index contributed by atoms with van der Waals surface area (Å²) in [5.41, 5.74) is 1.70. The number of aromatic nitrogens is 4. The van der Waals surface area contributed by atoms with E-state index in [0.29, 0.717) is 22.0 Å². The third kappa shape index (κ3) is 3.96. The number of nitrogens with zero attached hydrogens (tertiary/aromatic N) is 4. The zero-order chi connectivity index (χ0) is 19.1. The zero-order valence-electron chi connectivity index (χ0n) is 13.6. The van der Waals surface area contributed by atoms with Crippen LogP contribution in [0.5, 0.6) is 0 Å². The summed E-state index contributed by atoms with van der Waals surface area (Å²) >= 11 is 6.09. The van der Waals surface area contributed by atoms with Crippen molar-refractivity contribution < 1.29 is 17.4 Å². The van der Waals surface area contributed by atoms with Crippen LogP contribution in [-0.4, -0.2) is 30.0 Å². The molecule has 1 N–H and O–H groups in total. The fraction of sp³-hybridized carbons (Fsp3) is 0.267. The second-order valence-electron chi connectivity index (χ2n) is 5.58. The number of fused-ring (bicyclic) bond motifs is 1. The highest BCUT2D eigenvalue weighted by Crippen LogP contribution is 2.28. The predicted octanol–water partition coefficient (Wildman–Crippen LogP) is 3.73. The minimum atomic E-state index is -4.67. The summed E-state index contributed by atoms with van der Waals surface area (Å²) in [6.07, 6.45) is -3.11. The molecule has 0 aliphatic rings. The molecule has 0 amide bonds. The van der Waals surface area contributed by atoms with E-state index in [9.17, 15) is 17.4 Å². The molecular formula is C15H13ClF3N5OS. The van der Waals surface area contributed by atoms with Crippen molar-refractivity contribution in [2.75, 3.05) is 11.6 Å². The Morgan fingerprint density at radius 2 is 2.00 bits per heavy atom. The maximum absolute atomic E-state index is 12.9. The first-order chi connectivity index (χ1) is 12.1. The quantitative estimate of drug-likeness (QED) is 0.718. The summed E-state index contributed by atoms with van der Waals surface area (Å²) in [5, 5.41) is 6.94. The fourth-order valence-electron chi connectivity index (χ4n) is 2.33. The van der Waals surface area contributed by atoms with Crippen molar-refractivity contribution in [2.45, 2.75) is 18.9 Å². The van der Waals surface area contributed by atoms with Gasteiger partial charge < -0.3 is 5.32 Å². The maximum Gasteiger partial charge on any atom is 0.453 e. The second-order valence-corrected chi connectivity index (χ2v) is 7.42. The van der Waals surface area contributed by atoms with E-state index in [1.807, 2.05) is 0 Å².